The predicted molar refractivity (Wildman–Crippen MR) is 70.7 cm³/mol. The molecule has 0 spiro atoms. The summed E-state index contributed by atoms with van der Waals surface area (Å²) in [5, 5.41) is 0. The molecule has 4 heteroatoms. The molecule has 0 aromatic heterocycles. The molecule has 3 saturated carbocycles. The minimum Gasteiger partial charge on any atom is -0.368 e. The summed E-state index contributed by atoms with van der Waals surface area (Å²) in [5.41, 5.74) is 11.1. The monoisotopic (exact) mass is 251 g/mol. The van der Waals surface area contributed by atoms with Crippen molar-refractivity contribution in [3.63, 3.8) is 0 Å². The lowest BCUT2D eigenvalue weighted by Gasteiger charge is -2.33. The number of nitrogens with two attached hydrogens (primary N) is 2. The van der Waals surface area contributed by atoms with E-state index in [0.29, 0.717) is 12.5 Å². The molecule has 3 fully saturated rings. The van der Waals surface area contributed by atoms with Crippen LogP contribution in [0.4, 0.5) is 0 Å². The van der Waals surface area contributed by atoms with Crippen LogP contribution >= 0.6 is 0 Å². The van der Waals surface area contributed by atoms with Crippen LogP contribution in [0.2, 0.25) is 0 Å². The molecule has 4 N–H and O–H groups in total. The first kappa shape index (κ1) is 12.4. The van der Waals surface area contributed by atoms with Crippen molar-refractivity contribution in [2.75, 3.05) is 19.6 Å². The third-order valence-electron chi connectivity index (χ3n) is 4.68. The lowest BCUT2D eigenvalue weighted by atomic mass is 9.92. The Morgan fingerprint density at radius 3 is 1.89 bits per heavy atom. The topological polar surface area (TPSA) is 72.3 Å². The molecule has 18 heavy (non-hydrogen) atoms. The number of carbonyl (C=O) groups is 1. The Labute approximate surface area is 109 Å². The average Bonchev–Trinajstić information content (AvgIpc) is 3.09. The highest BCUT2D eigenvalue weighted by Crippen LogP contribution is 2.40. The fourth-order valence-corrected chi connectivity index (χ4v) is 2.91. The molecule has 102 valence electrons. The van der Waals surface area contributed by atoms with Crippen LogP contribution in [0.15, 0.2) is 0 Å². The Hall–Kier alpha value is -0.610. The zero-order valence-electron chi connectivity index (χ0n) is 11.1. The van der Waals surface area contributed by atoms with Crippen LogP contribution in [0.3, 0.4) is 0 Å². The van der Waals surface area contributed by atoms with Gasteiger partial charge in [0.2, 0.25) is 5.91 Å². The summed E-state index contributed by atoms with van der Waals surface area (Å²) in [6.07, 6.45) is 7.52. The van der Waals surface area contributed by atoms with Gasteiger partial charge in [-0.05, 0) is 56.3 Å². The van der Waals surface area contributed by atoms with Gasteiger partial charge in [-0.2, -0.15) is 0 Å². The number of primary amides is 1. The predicted octanol–water partition coefficient (Wildman–Crippen LogP) is 0.701. The zero-order valence-corrected chi connectivity index (χ0v) is 11.1. The summed E-state index contributed by atoms with van der Waals surface area (Å²) in [7, 11) is 0. The molecule has 3 aliphatic rings. The lowest BCUT2D eigenvalue weighted by molar-refractivity contribution is -0.124. The van der Waals surface area contributed by atoms with E-state index in [2.05, 4.69) is 4.90 Å². The van der Waals surface area contributed by atoms with E-state index in [1.54, 1.807) is 0 Å². The highest BCUT2D eigenvalue weighted by Gasteiger charge is 2.48. The van der Waals surface area contributed by atoms with Crippen LogP contribution in [0.5, 0.6) is 0 Å². The number of rotatable bonds is 8. The number of amides is 1. The van der Waals surface area contributed by atoms with E-state index in [4.69, 9.17) is 11.5 Å². The summed E-state index contributed by atoms with van der Waals surface area (Å²) in [4.78, 5) is 14.1. The maximum Gasteiger partial charge on any atom is 0.239 e. The number of hydrogen-bond acceptors (Lipinski definition) is 3. The molecule has 0 aromatic carbocycles. The van der Waals surface area contributed by atoms with Gasteiger partial charge in [-0.1, -0.05) is 0 Å². The zero-order chi connectivity index (χ0) is 12.8. The Morgan fingerprint density at radius 1 is 1.06 bits per heavy atom. The van der Waals surface area contributed by atoms with Crippen molar-refractivity contribution in [2.45, 2.75) is 44.1 Å². The first-order valence-electron chi connectivity index (χ1n) is 7.39. The van der Waals surface area contributed by atoms with E-state index in [-0.39, 0.29) is 5.91 Å². The van der Waals surface area contributed by atoms with Crippen molar-refractivity contribution in [3.8, 4) is 0 Å². The Morgan fingerprint density at radius 2 is 1.56 bits per heavy atom. The van der Waals surface area contributed by atoms with Gasteiger partial charge in [0.05, 0.1) is 0 Å². The molecule has 0 aliphatic heterocycles. The number of nitrogens with zero attached hydrogens (tertiary/aromatic N) is 1. The van der Waals surface area contributed by atoms with Gasteiger partial charge >= 0.3 is 0 Å². The second-order valence-corrected chi connectivity index (χ2v) is 6.76. The van der Waals surface area contributed by atoms with Gasteiger partial charge in [0.15, 0.2) is 0 Å². The van der Waals surface area contributed by atoms with E-state index in [1.807, 2.05) is 0 Å². The number of hydrogen-bond donors (Lipinski definition) is 2. The van der Waals surface area contributed by atoms with Crippen LogP contribution in [0.1, 0.15) is 38.5 Å². The standard InChI is InChI=1S/C14H25N3O/c15-13(18)14(16,12-5-6-12)9-17(7-10-1-2-10)8-11-3-4-11/h10-12H,1-9,16H2,(H2,15,18). The highest BCUT2D eigenvalue weighted by atomic mass is 16.1. The third-order valence-corrected chi connectivity index (χ3v) is 4.68. The highest BCUT2D eigenvalue weighted by molar-refractivity contribution is 5.85. The van der Waals surface area contributed by atoms with Crippen molar-refractivity contribution in [2.24, 2.45) is 29.2 Å². The molecule has 3 aliphatic carbocycles. The summed E-state index contributed by atoms with van der Waals surface area (Å²) < 4.78 is 0. The quantitative estimate of drug-likeness (QED) is 0.667. The molecule has 1 atom stereocenters. The van der Waals surface area contributed by atoms with Crippen molar-refractivity contribution in [1.82, 2.24) is 4.90 Å². The fraction of sp³-hybridized carbons (Fsp3) is 0.929. The molecule has 1 unspecified atom stereocenters. The second-order valence-electron chi connectivity index (χ2n) is 6.76. The Kier molecular flexibility index (Phi) is 3.10. The summed E-state index contributed by atoms with van der Waals surface area (Å²) in [5.74, 6) is 1.72. The summed E-state index contributed by atoms with van der Waals surface area (Å²) >= 11 is 0. The fourth-order valence-electron chi connectivity index (χ4n) is 2.91. The molecule has 0 saturated heterocycles. The molecular formula is C14H25N3O. The minimum atomic E-state index is -0.774. The molecular weight excluding hydrogens is 226 g/mol. The minimum absolute atomic E-state index is 0.304. The molecule has 4 nitrogen and oxygen atoms in total. The van der Waals surface area contributed by atoms with Gasteiger partial charge < -0.3 is 16.4 Å². The van der Waals surface area contributed by atoms with Gasteiger partial charge in [-0.3, -0.25) is 4.79 Å². The van der Waals surface area contributed by atoms with Gasteiger partial charge in [-0.15, -0.1) is 0 Å². The molecule has 0 radical (unpaired) electrons. The first-order chi connectivity index (χ1) is 8.58. The van der Waals surface area contributed by atoms with E-state index in [1.165, 1.54) is 25.7 Å². The Balaban J connectivity index is 1.62. The molecule has 0 aromatic rings. The van der Waals surface area contributed by atoms with Crippen LogP contribution in [-0.4, -0.2) is 36.0 Å². The van der Waals surface area contributed by atoms with E-state index in [0.717, 1.165) is 37.8 Å². The summed E-state index contributed by atoms with van der Waals surface area (Å²) in [6, 6.07) is 0. The maximum absolute atomic E-state index is 11.7. The summed E-state index contributed by atoms with van der Waals surface area (Å²) in [6.45, 7) is 2.92. The molecule has 3 rings (SSSR count). The van der Waals surface area contributed by atoms with E-state index in [9.17, 15) is 4.79 Å². The third kappa shape index (κ3) is 2.86. The van der Waals surface area contributed by atoms with Crippen molar-refractivity contribution in [3.05, 3.63) is 0 Å². The normalized spacial score (nSPS) is 27.2. The van der Waals surface area contributed by atoms with Crippen molar-refractivity contribution < 1.29 is 4.79 Å². The largest absolute Gasteiger partial charge is 0.368 e. The smallest absolute Gasteiger partial charge is 0.239 e. The van der Waals surface area contributed by atoms with Gasteiger partial charge in [0.25, 0.3) is 0 Å². The Bertz CT molecular complexity index is 320. The average molecular weight is 251 g/mol. The maximum atomic E-state index is 11.7. The lowest BCUT2D eigenvalue weighted by Crippen LogP contribution is -2.61. The van der Waals surface area contributed by atoms with Crippen molar-refractivity contribution >= 4 is 5.91 Å². The van der Waals surface area contributed by atoms with Crippen LogP contribution in [-0.2, 0) is 4.79 Å². The number of carbonyl (C=O) groups excluding carboxylic acids is 1. The van der Waals surface area contributed by atoms with Gasteiger partial charge in [0, 0.05) is 19.6 Å². The van der Waals surface area contributed by atoms with Crippen LogP contribution < -0.4 is 11.5 Å². The van der Waals surface area contributed by atoms with Gasteiger partial charge in [-0.25, -0.2) is 0 Å². The van der Waals surface area contributed by atoms with Crippen LogP contribution in [0, 0.1) is 17.8 Å². The molecule has 1 amide bonds. The molecule has 0 bridgehead atoms. The van der Waals surface area contributed by atoms with Crippen LogP contribution in [0.25, 0.3) is 0 Å². The molecule has 0 heterocycles. The van der Waals surface area contributed by atoms with Gasteiger partial charge in [0.1, 0.15) is 5.54 Å². The van der Waals surface area contributed by atoms with E-state index >= 15 is 0 Å². The van der Waals surface area contributed by atoms with Crippen molar-refractivity contribution in [1.29, 1.82) is 0 Å². The first-order valence-corrected chi connectivity index (χ1v) is 7.39. The SMILES string of the molecule is NC(=O)C(N)(CN(CC1CC1)CC1CC1)C1CC1. The van der Waals surface area contributed by atoms with E-state index < -0.39 is 5.54 Å². The second kappa shape index (κ2) is 4.49.